The van der Waals surface area contributed by atoms with Crippen molar-refractivity contribution in [2.24, 2.45) is 5.73 Å². The number of aryl methyl sites for hydroxylation is 1. The highest BCUT2D eigenvalue weighted by Gasteiger charge is 2.30. The summed E-state index contributed by atoms with van der Waals surface area (Å²) in [6, 6.07) is 9.55. The third-order valence-electron chi connectivity index (χ3n) is 3.87. The van der Waals surface area contributed by atoms with Gasteiger partial charge in [-0.2, -0.15) is 4.31 Å². The largest absolute Gasteiger partial charge is 0.329 e. The molecule has 6 nitrogen and oxygen atoms in total. The summed E-state index contributed by atoms with van der Waals surface area (Å²) in [5, 5.41) is 0.282. The Labute approximate surface area is 130 Å². The van der Waals surface area contributed by atoms with Gasteiger partial charge in [0, 0.05) is 32.6 Å². The Morgan fingerprint density at radius 3 is 2.77 bits per heavy atom. The Morgan fingerprint density at radius 1 is 1.27 bits per heavy atom. The minimum Gasteiger partial charge on any atom is -0.329 e. The molecule has 0 bridgehead atoms. The monoisotopic (exact) mass is 320 g/mol. The van der Waals surface area contributed by atoms with Crippen LogP contribution in [-0.4, -0.2) is 35.4 Å². The van der Waals surface area contributed by atoms with Crippen LogP contribution in [0.15, 0.2) is 41.6 Å². The summed E-state index contributed by atoms with van der Waals surface area (Å²) >= 11 is 0. The van der Waals surface area contributed by atoms with Crippen LogP contribution in [0.25, 0.3) is 0 Å². The maximum absolute atomic E-state index is 13.0. The first-order valence-electron chi connectivity index (χ1n) is 7.41. The molecule has 0 saturated carbocycles. The molecular weight excluding hydrogens is 300 g/mol. The number of hydrogen-bond acceptors (Lipinski definition) is 4. The lowest BCUT2D eigenvalue weighted by Gasteiger charge is -2.22. The summed E-state index contributed by atoms with van der Waals surface area (Å²) in [5.41, 5.74) is 6.56. The first-order valence-corrected chi connectivity index (χ1v) is 8.85. The van der Waals surface area contributed by atoms with Crippen LogP contribution in [0.1, 0.15) is 17.8 Å². The van der Waals surface area contributed by atoms with E-state index in [1.165, 1.54) is 10.5 Å². The molecule has 22 heavy (non-hydrogen) atoms. The van der Waals surface area contributed by atoms with E-state index in [1.807, 2.05) is 34.9 Å². The van der Waals surface area contributed by atoms with Crippen molar-refractivity contribution in [1.82, 2.24) is 13.9 Å². The van der Waals surface area contributed by atoms with Gasteiger partial charge in [-0.15, -0.1) is 0 Å². The lowest BCUT2D eigenvalue weighted by Crippen LogP contribution is -2.35. The number of nitrogens with zero attached hydrogens (tertiary/aromatic N) is 3. The molecule has 1 aliphatic rings. The molecule has 0 saturated heterocycles. The van der Waals surface area contributed by atoms with E-state index in [2.05, 4.69) is 4.98 Å². The smallest absolute Gasteiger partial charge is 0.260 e. The minimum absolute atomic E-state index is 0.282. The SMILES string of the molecule is NCCN(Cc1ccccc1)S(=O)(=O)c1cnc2n1CCC2. The third kappa shape index (κ3) is 2.79. The first kappa shape index (κ1) is 15.2. The van der Waals surface area contributed by atoms with Crippen molar-refractivity contribution in [3.63, 3.8) is 0 Å². The predicted octanol–water partition coefficient (Wildman–Crippen LogP) is 0.979. The molecule has 3 rings (SSSR count). The fourth-order valence-electron chi connectivity index (χ4n) is 2.78. The number of nitrogens with two attached hydrogens (primary N) is 1. The summed E-state index contributed by atoms with van der Waals surface area (Å²) in [6.45, 7) is 1.61. The lowest BCUT2D eigenvalue weighted by molar-refractivity contribution is 0.408. The Balaban J connectivity index is 1.92. The molecular formula is C15H20N4O2S. The average molecular weight is 320 g/mol. The summed E-state index contributed by atoms with van der Waals surface area (Å²) in [5.74, 6) is 0.853. The van der Waals surface area contributed by atoms with Gasteiger partial charge in [0.25, 0.3) is 10.0 Å². The van der Waals surface area contributed by atoms with E-state index in [-0.39, 0.29) is 18.1 Å². The predicted molar refractivity (Wildman–Crippen MR) is 83.6 cm³/mol. The molecule has 2 N–H and O–H groups in total. The fraction of sp³-hybridized carbons (Fsp3) is 0.400. The van der Waals surface area contributed by atoms with Gasteiger partial charge in [-0.3, -0.25) is 0 Å². The number of hydrogen-bond donors (Lipinski definition) is 1. The second kappa shape index (κ2) is 6.20. The molecule has 1 aromatic carbocycles. The maximum atomic E-state index is 13.0. The van der Waals surface area contributed by atoms with Crippen molar-refractivity contribution in [2.45, 2.75) is 31.0 Å². The minimum atomic E-state index is -3.59. The lowest BCUT2D eigenvalue weighted by atomic mass is 10.2. The standard InChI is InChI=1S/C15H20N4O2S/c16-8-10-18(12-13-5-2-1-3-6-13)22(20,21)15-11-17-14-7-4-9-19(14)15/h1-3,5-6,11H,4,7-10,12,16H2. The number of benzene rings is 1. The van der Waals surface area contributed by atoms with Crippen molar-refractivity contribution in [2.75, 3.05) is 13.1 Å². The third-order valence-corrected chi connectivity index (χ3v) is 5.71. The number of fused-ring (bicyclic) bond motifs is 1. The molecule has 0 spiro atoms. The maximum Gasteiger partial charge on any atom is 0.260 e. The zero-order chi connectivity index (χ0) is 15.6. The van der Waals surface area contributed by atoms with Gasteiger partial charge in [0.1, 0.15) is 5.82 Å². The van der Waals surface area contributed by atoms with Gasteiger partial charge in [-0.05, 0) is 12.0 Å². The Hall–Kier alpha value is -1.70. The number of sulfonamides is 1. The van der Waals surface area contributed by atoms with Gasteiger partial charge in [0.15, 0.2) is 5.03 Å². The molecule has 1 aliphatic heterocycles. The van der Waals surface area contributed by atoms with Crippen LogP contribution in [0.2, 0.25) is 0 Å². The van der Waals surface area contributed by atoms with Crippen molar-refractivity contribution >= 4 is 10.0 Å². The van der Waals surface area contributed by atoms with Crippen LogP contribution in [-0.2, 0) is 29.5 Å². The molecule has 0 fully saturated rings. The molecule has 7 heteroatoms. The molecule has 0 unspecified atom stereocenters. The molecule has 2 aromatic rings. The van der Waals surface area contributed by atoms with E-state index < -0.39 is 10.0 Å². The highest BCUT2D eigenvalue weighted by atomic mass is 32.2. The molecule has 118 valence electrons. The van der Waals surface area contributed by atoms with Gasteiger partial charge in [-0.25, -0.2) is 13.4 Å². The van der Waals surface area contributed by atoms with Crippen LogP contribution >= 0.6 is 0 Å². The zero-order valence-electron chi connectivity index (χ0n) is 12.4. The van der Waals surface area contributed by atoms with Gasteiger partial charge >= 0.3 is 0 Å². The average Bonchev–Trinajstić information content (AvgIpc) is 3.10. The van der Waals surface area contributed by atoms with E-state index in [9.17, 15) is 8.42 Å². The first-order chi connectivity index (χ1) is 10.6. The number of aromatic nitrogens is 2. The van der Waals surface area contributed by atoms with Crippen LogP contribution in [0.3, 0.4) is 0 Å². The van der Waals surface area contributed by atoms with Gasteiger partial charge < -0.3 is 10.3 Å². The van der Waals surface area contributed by atoms with Crippen LogP contribution in [0, 0.1) is 0 Å². The quantitative estimate of drug-likeness (QED) is 0.860. The Bertz CT molecular complexity index is 740. The summed E-state index contributed by atoms with van der Waals surface area (Å²) < 4.78 is 29.2. The Kier molecular flexibility index (Phi) is 4.28. The van der Waals surface area contributed by atoms with Crippen molar-refractivity contribution in [3.05, 3.63) is 47.9 Å². The van der Waals surface area contributed by atoms with Crippen molar-refractivity contribution in [1.29, 1.82) is 0 Å². The van der Waals surface area contributed by atoms with E-state index in [0.29, 0.717) is 13.1 Å². The van der Waals surface area contributed by atoms with Crippen molar-refractivity contribution in [3.8, 4) is 0 Å². The molecule has 2 heterocycles. The highest BCUT2D eigenvalue weighted by molar-refractivity contribution is 7.89. The van der Waals surface area contributed by atoms with Crippen LogP contribution in [0.5, 0.6) is 0 Å². The van der Waals surface area contributed by atoms with Gasteiger partial charge in [0.05, 0.1) is 6.20 Å². The topological polar surface area (TPSA) is 81.2 Å². The van der Waals surface area contributed by atoms with Crippen molar-refractivity contribution < 1.29 is 8.42 Å². The second-order valence-corrected chi connectivity index (χ2v) is 7.27. The fourth-order valence-corrected chi connectivity index (χ4v) is 4.37. The van der Waals surface area contributed by atoms with Crippen LogP contribution in [0.4, 0.5) is 0 Å². The molecule has 1 aromatic heterocycles. The Morgan fingerprint density at radius 2 is 2.05 bits per heavy atom. The second-order valence-electron chi connectivity index (χ2n) is 5.38. The molecule has 0 radical (unpaired) electrons. The van der Waals surface area contributed by atoms with E-state index in [1.54, 1.807) is 0 Å². The van der Waals surface area contributed by atoms with E-state index in [4.69, 9.17) is 5.73 Å². The van der Waals surface area contributed by atoms with E-state index >= 15 is 0 Å². The normalized spacial score (nSPS) is 14.5. The van der Waals surface area contributed by atoms with Crippen LogP contribution < -0.4 is 5.73 Å². The summed E-state index contributed by atoms with van der Waals surface area (Å²) in [6.07, 6.45) is 3.25. The number of rotatable bonds is 6. The summed E-state index contributed by atoms with van der Waals surface area (Å²) in [4.78, 5) is 4.24. The number of imidazole rings is 1. The van der Waals surface area contributed by atoms with Gasteiger partial charge in [-0.1, -0.05) is 30.3 Å². The van der Waals surface area contributed by atoms with Gasteiger partial charge in [0.2, 0.25) is 0 Å². The summed E-state index contributed by atoms with van der Waals surface area (Å²) in [7, 11) is -3.59. The highest BCUT2D eigenvalue weighted by Crippen LogP contribution is 2.23. The van der Waals surface area contributed by atoms with E-state index in [0.717, 1.165) is 24.2 Å². The molecule has 0 amide bonds. The molecule has 0 atom stereocenters. The zero-order valence-corrected chi connectivity index (χ0v) is 13.2. The molecule has 0 aliphatic carbocycles.